The standard InChI is InChI=1S/C18H21N3O4S/c1-4-17(22)20-13-7-5-12(3)16(9-13)21-18(23)15-10-14(26(19,24)25)8-6-11(15)2/h5-10H,4H2,1-3H3,(H,20,22)(H,21,23)(H2,19,24,25). The lowest BCUT2D eigenvalue weighted by molar-refractivity contribution is -0.115. The summed E-state index contributed by atoms with van der Waals surface area (Å²) in [7, 11) is -3.91. The lowest BCUT2D eigenvalue weighted by Crippen LogP contribution is -2.17. The summed E-state index contributed by atoms with van der Waals surface area (Å²) in [5.74, 6) is -0.599. The van der Waals surface area contributed by atoms with Gasteiger partial charge >= 0.3 is 0 Å². The Balaban J connectivity index is 2.33. The van der Waals surface area contributed by atoms with E-state index in [1.54, 1.807) is 32.0 Å². The largest absolute Gasteiger partial charge is 0.326 e. The van der Waals surface area contributed by atoms with E-state index in [1.165, 1.54) is 18.2 Å². The van der Waals surface area contributed by atoms with Crippen LogP contribution in [0.3, 0.4) is 0 Å². The number of nitrogens with one attached hydrogen (secondary N) is 2. The van der Waals surface area contributed by atoms with Crippen LogP contribution in [0.4, 0.5) is 11.4 Å². The SMILES string of the molecule is CCC(=O)Nc1ccc(C)c(NC(=O)c2cc(S(N)(=O)=O)ccc2C)c1. The fourth-order valence-electron chi connectivity index (χ4n) is 2.30. The van der Waals surface area contributed by atoms with Gasteiger partial charge in [-0.15, -0.1) is 0 Å². The first-order chi connectivity index (χ1) is 12.1. The van der Waals surface area contributed by atoms with Gasteiger partial charge in [0, 0.05) is 23.4 Å². The van der Waals surface area contributed by atoms with E-state index >= 15 is 0 Å². The minimum Gasteiger partial charge on any atom is -0.326 e. The molecule has 0 aliphatic rings. The third-order valence-electron chi connectivity index (χ3n) is 3.87. The minimum absolute atomic E-state index is 0.131. The van der Waals surface area contributed by atoms with Crippen LogP contribution >= 0.6 is 0 Å². The fourth-order valence-corrected chi connectivity index (χ4v) is 2.84. The molecule has 0 radical (unpaired) electrons. The summed E-state index contributed by atoms with van der Waals surface area (Å²) in [5, 5.41) is 10.6. The molecule has 8 heteroatoms. The topological polar surface area (TPSA) is 118 Å². The maximum atomic E-state index is 12.6. The quantitative estimate of drug-likeness (QED) is 0.744. The van der Waals surface area contributed by atoms with Gasteiger partial charge in [0.15, 0.2) is 0 Å². The summed E-state index contributed by atoms with van der Waals surface area (Å²) in [4.78, 5) is 24.0. The number of aryl methyl sites for hydroxylation is 2. The number of rotatable bonds is 5. The van der Waals surface area contributed by atoms with Gasteiger partial charge in [0.2, 0.25) is 15.9 Å². The molecule has 0 fully saturated rings. The molecule has 0 atom stereocenters. The van der Waals surface area contributed by atoms with Gasteiger partial charge in [-0.1, -0.05) is 19.1 Å². The summed E-state index contributed by atoms with van der Waals surface area (Å²) < 4.78 is 23.0. The molecule has 0 heterocycles. The molecule has 0 aromatic heterocycles. The van der Waals surface area contributed by atoms with Crippen molar-refractivity contribution in [3.8, 4) is 0 Å². The molecule has 0 aliphatic heterocycles. The van der Waals surface area contributed by atoms with Gasteiger partial charge in [0.1, 0.15) is 0 Å². The number of nitrogens with two attached hydrogens (primary N) is 1. The van der Waals surface area contributed by atoms with Crippen LogP contribution in [0.2, 0.25) is 0 Å². The van der Waals surface area contributed by atoms with E-state index in [0.29, 0.717) is 23.4 Å². The molecule has 138 valence electrons. The summed E-state index contributed by atoms with van der Waals surface area (Å²) in [6.45, 7) is 5.26. The van der Waals surface area contributed by atoms with Gasteiger partial charge < -0.3 is 10.6 Å². The zero-order valence-electron chi connectivity index (χ0n) is 14.8. The second-order valence-electron chi connectivity index (χ2n) is 5.91. The molecule has 0 saturated heterocycles. The van der Waals surface area contributed by atoms with Crippen LogP contribution in [-0.4, -0.2) is 20.2 Å². The summed E-state index contributed by atoms with van der Waals surface area (Å²) >= 11 is 0. The van der Waals surface area contributed by atoms with Crippen LogP contribution in [-0.2, 0) is 14.8 Å². The predicted octanol–water partition coefficient (Wildman–Crippen LogP) is 2.55. The van der Waals surface area contributed by atoms with E-state index in [9.17, 15) is 18.0 Å². The van der Waals surface area contributed by atoms with Gasteiger partial charge in [-0.3, -0.25) is 9.59 Å². The second kappa shape index (κ2) is 7.67. The number of sulfonamides is 1. The van der Waals surface area contributed by atoms with Gasteiger partial charge in [-0.25, -0.2) is 13.6 Å². The number of anilines is 2. The van der Waals surface area contributed by atoms with Gasteiger partial charge in [0.25, 0.3) is 5.91 Å². The number of amides is 2. The fraction of sp³-hybridized carbons (Fsp3) is 0.222. The van der Waals surface area contributed by atoms with Gasteiger partial charge in [0.05, 0.1) is 4.90 Å². The molecule has 7 nitrogen and oxygen atoms in total. The monoisotopic (exact) mass is 375 g/mol. The van der Waals surface area contributed by atoms with Crippen LogP contribution in [0.15, 0.2) is 41.3 Å². The number of benzene rings is 2. The molecule has 4 N–H and O–H groups in total. The van der Waals surface area contributed by atoms with Crippen molar-refractivity contribution in [2.24, 2.45) is 5.14 Å². The van der Waals surface area contributed by atoms with Crippen molar-refractivity contribution in [2.75, 3.05) is 10.6 Å². The third kappa shape index (κ3) is 4.68. The highest BCUT2D eigenvalue weighted by Gasteiger charge is 2.16. The van der Waals surface area contributed by atoms with Crippen LogP contribution in [0.1, 0.15) is 34.8 Å². The normalized spacial score (nSPS) is 11.1. The van der Waals surface area contributed by atoms with E-state index < -0.39 is 15.9 Å². The Morgan fingerprint density at radius 2 is 1.65 bits per heavy atom. The Morgan fingerprint density at radius 3 is 2.27 bits per heavy atom. The number of primary sulfonamides is 1. The Kier molecular flexibility index (Phi) is 5.79. The Hall–Kier alpha value is -2.71. The molecule has 2 amide bonds. The second-order valence-corrected chi connectivity index (χ2v) is 7.47. The maximum Gasteiger partial charge on any atom is 0.255 e. The van der Waals surface area contributed by atoms with Crippen LogP contribution in [0, 0.1) is 13.8 Å². The van der Waals surface area contributed by atoms with E-state index in [4.69, 9.17) is 5.14 Å². The van der Waals surface area contributed by atoms with Crippen molar-refractivity contribution in [3.05, 3.63) is 53.1 Å². The van der Waals surface area contributed by atoms with Gasteiger partial charge in [-0.05, 0) is 49.2 Å². The summed E-state index contributed by atoms with van der Waals surface area (Å²) in [6.07, 6.45) is 0.342. The molecule has 2 rings (SSSR count). The number of carbonyl (C=O) groups excluding carboxylic acids is 2. The van der Waals surface area contributed by atoms with Crippen molar-refractivity contribution in [3.63, 3.8) is 0 Å². The zero-order chi connectivity index (χ0) is 19.5. The van der Waals surface area contributed by atoms with Crippen LogP contribution < -0.4 is 15.8 Å². The lowest BCUT2D eigenvalue weighted by atomic mass is 10.1. The summed E-state index contributed by atoms with van der Waals surface area (Å²) in [5.41, 5.74) is 2.70. The van der Waals surface area contributed by atoms with Gasteiger partial charge in [-0.2, -0.15) is 0 Å². The molecular weight excluding hydrogens is 354 g/mol. The summed E-state index contributed by atoms with van der Waals surface area (Å²) in [6, 6.07) is 9.30. The Labute approximate surface area is 152 Å². The predicted molar refractivity (Wildman–Crippen MR) is 101 cm³/mol. The van der Waals surface area contributed by atoms with Crippen LogP contribution in [0.25, 0.3) is 0 Å². The smallest absolute Gasteiger partial charge is 0.255 e. The molecule has 2 aromatic carbocycles. The first kappa shape index (κ1) is 19.6. The highest BCUT2D eigenvalue weighted by molar-refractivity contribution is 7.89. The van der Waals surface area contributed by atoms with E-state index in [2.05, 4.69) is 10.6 Å². The van der Waals surface area contributed by atoms with Crippen molar-refractivity contribution in [1.82, 2.24) is 0 Å². The molecule has 0 saturated carbocycles. The lowest BCUT2D eigenvalue weighted by Gasteiger charge is -2.13. The zero-order valence-corrected chi connectivity index (χ0v) is 15.6. The average molecular weight is 375 g/mol. The first-order valence-electron chi connectivity index (χ1n) is 7.97. The van der Waals surface area contributed by atoms with Crippen molar-refractivity contribution >= 4 is 33.2 Å². The molecule has 0 bridgehead atoms. The molecule has 0 spiro atoms. The van der Waals surface area contributed by atoms with E-state index in [0.717, 1.165) is 5.56 Å². The molecule has 2 aromatic rings. The number of hydrogen-bond acceptors (Lipinski definition) is 4. The highest BCUT2D eigenvalue weighted by atomic mass is 32.2. The van der Waals surface area contributed by atoms with Crippen molar-refractivity contribution in [2.45, 2.75) is 32.1 Å². The van der Waals surface area contributed by atoms with E-state index in [1.807, 2.05) is 6.92 Å². The first-order valence-corrected chi connectivity index (χ1v) is 9.51. The van der Waals surface area contributed by atoms with Crippen molar-refractivity contribution in [1.29, 1.82) is 0 Å². The molecule has 26 heavy (non-hydrogen) atoms. The van der Waals surface area contributed by atoms with E-state index in [-0.39, 0.29) is 16.4 Å². The highest BCUT2D eigenvalue weighted by Crippen LogP contribution is 2.22. The molecule has 0 unspecified atom stereocenters. The number of carbonyl (C=O) groups is 2. The van der Waals surface area contributed by atoms with Crippen LogP contribution in [0.5, 0.6) is 0 Å². The van der Waals surface area contributed by atoms with Crippen molar-refractivity contribution < 1.29 is 18.0 Å². The molecule has 0 aliphatic carbocycles. The number of hydrogen-bond donors (Lipinski definition) is 3. The minimum atomic E-state index is -3.91. The molecular formula is C18H21N3O4S. The Morgan fingerprint density at radius 1 is 1.00 bits per heavy atom. The third-order valence-corrected chi connectivity index (χ3v) is 4.78. The average Bonchev–Trinajstić information content (AvgIpc) is 2.57. The maximum absolute atomic E-state index is 12.6. The Bertz CT molecular complexity index is 968.